The van der Waals surface area contributed by atoms with Gasteiger partial charge in [-0.25, -0.2) is 0 Å². The molecule has 1 aromatic carbocycles. The second kappa shape index (κ2) is 5.46. The molecule has 0 bridgehead atoms. The number of nitrogens with zero attached hydrogens (tertiary/aromatic N) is 1. The van der Waals surface area contributed by atoms with Gasteiger partial charge in [-0.05, 0) is 7.05 Å². The van der Waals surface area contributed by atoms with E-state index in [9.17, 15) is 0 Å². The van der Waals surface area contributed by atoms with Crippen molar-refractivity contribution in [1.29, 1.82) is 0 Å². The maximum Gasteiger partial charge on any atom is 0.143 e. The first-order valence-electron chi connectivity index (χ1n) is 5.83. The molecule has 100 valence electrons. The molecule has 0 radical (unpaired) electrons. The second-order valence-electron chi connectivity index (χ2n) is 4.15. The van der Waals surface area contributed by atoms with Crippen LogP contribution in [0.15, 0.2) is 12.1 Å². The van der Waals surface area contributed by atoms with Crippen LogP contribution in [0.4, 0.5) is 0 Å². The third-order valence-electron chi connectivity index (χ3n) is 3.12. The summed E-state index contributed by atoms with van der Waals surface area (Å²) in [5.74, 6) is 2.13. The minimum Gasteiger partial charge on any atom is -0.496 e. The van der Waals surface area contributed by atoms with Gasteiger partial charge < -0.3 is 18.9 Å². The zero-order chi connectivity index (χ0) is 13.1. The van der Waals surface area contributed by atoms with E-state index in [-0.39, 0.29) is 6.23 Å². The average molecular weight is 253 g/mol. The maximum absolute atomic E-state index is 5.73. The fourth-order valence-electron chi connectivity index (χ4n) is 2.13. The predicted molar refractivity (Wildman–Crippen MR) is 67.4 cm³/mol. The molecule has 1 fully saturated rings. The third-order valence-corrected chi connectivity index (χ3v) is 3.12. The van der Waals surface area contributed by atoms with E-state index in [1.165, 1.54) is 0 Å². The molecule has 1 aliphatic heterocycles. The van der Waals surface area contributed by atoms with E-state index < -0.39 is 0 Å². The largest absolute Gasteiger partial charge is 0.496 e. The van der Waals surface area contributed by atoms with Gasteiger partial charge in [0.2, 0.25) is 0 Å². The fraction of sp³-hybridized carbons (Fsp3) is 0.538. The summed E-state index contributed by atoms with van der Waals surface area (Å²) in [6, 6.07) is 3.68. The molecule has 0 amide bonds. The van der Waals surface area contributed by atoms with Crippen molar-refractivity contribution in [2.45, 2.75) is 6.23 Å². The summed E-state index contributed by atoms with van der Waals surface area (Å²) in [6.07, 6.45) is -0.138. The molecule has 0 aliphatic carbocycles. The SMILES string of the molecule is COc1cc(OC)c(C2OCCN2C)c(OC)c1. The van der Waals surface area contributed by atoms with E-state index in [1.54, 1.807) is 21.3 Å². The number of benzene rings is 1. The number of likely N-dealkylation sites (N-methyl/N-ethyl adjacent to an activating group) is 1. The molecule has 1 atom stereocenters. The van der Waals surface area contributed by atoms with E-state index in [1.807, 2.05) is 19.2 Å². The number of methoxy groups -OCH3 is 3. The Morgan fingerprint density at radius 2 is 1.72 bits per heavy atom. The number of hydrogen-bond donors (Lipinski definition) is 0. The van der Waals surface area contributed by atoms with E-state index in [0.717, 1.165) is 12.1 Å². The molecule has 18 heavy (non-hydrogen) atoms. The molecule has 1 unspecified atom stereocenters. The second-order valence-corrected chi connectivity index (χ2v) is 4.15. The fourth-order valence-corrected chi connectivity index (χ4v) is 2.13. The summed E-state index contributed by atoms with van der Waals surface area (Å²) in [4.78, 5) is 2.12. The molecule has 1 heterocycles. The lowest BCUT2D eigenvalue weighted by Crippen LogP contribution is -2.19. The molecule has 1 aromatic rings. The molecule has 5 nitrogen and oxygen atoms in total. The number of rotatable bonds is 4. The smallest absolute Gasteiger partial charge is 0.143 e. The first-order valence-corrected chi connectivity index (χ1v) is 5.83. The van der Waals surface area contributed by atoms with Crippen molar-refractivity contribution in [2.24, 2.45) is 0 Å². The van der Waals surface area contributed by atoms with Crippen LogP contribution in [0.5, 0.6) is 17.2 Å². The Kier molecular flexibility index (Phi) is 3.93. The van der Waals surface area contributed by atoms with Gasteiger partial charge in [0.25, 0.3) is 0 Å². The molecule has 0 aromatic heterocycles. The highest BCUT2D eigenvalue weighted by atomic mass is 16.5. The van der Waals surface area contributed by atoms with Crippen LogP contribution in [0.3, 0.4) is 0 Å². The third kappa shape index (κ3) is 2.23. The Morgan fingerprint density at radius 1 is 1.11 bits per heavy atom. The summed E-state index contributed by atoms with van der Waals surface area (Å²) in [7, 11) is 6.90. The van der Waals surface area contributed by atoms with Crippen LogP contribution in [-0.2, 0) is 4.74 Å². The molecule has 1 aliphatic rings. The lowest BCUT2D eigenvalue weighted by molar-refractivity contribution is 0.0412. The average Bonchev–Trinajstić information content (AvgIpc) is 2.82. The van der Waals surface area contributed by atoms with Crippen LogP contribution < -0.4 is 14.2 Å². The van der Waals surface area contributed by atoms with Crippen molar-refractivity contribution in [3.8, 4) is 17.2 Å². The molecule has 0 saturated carbocycles. The summed E-state index contributed by atoms with van der Waals surface area (Å²) in [5, 5.41) is 0. The Bertz CT molecular complexity index is 396. The van der Waals surface area contributed by atoms with Crippen LogP contribution in [-0.4, -0.2) is 46.4 Å². The number of ether oxygens (including phenoxy) is 4. The Hall–Kier alpha value is -1.46. The van der Waals surface area contributed by atoms with E-state index in [4.69, 9.17) is 18.9 Å². The van der Waals surface area contributed by atoms with Gasteiger partial charge in [0, 0.05) is 18.7 Å². The van der Waals surface area contributed by atoms with Crippen molar-refractivity contribution >= 4 is 0 Å². The molecule has 0 N–H and O–H groups in total. The summed E-state index contributed by atoms with van der Waals surface area (Å²) in [5.41, 5.74) is 0.904. The van der Waals surface area contributed by atoms with Crippen molar-refractivity contribution in [2.75, 3.05) is 41.5 Å². The van der Waals surface area contributed by atoms with Gasteiger partial charge in [-0.2, -0.15) is 0 Å². The summed E-state index contributed by atoms with van der Waals surface area (Å²) in [6.45, 7) is 1.60. The Balaban J connectivity index is 2.49. The highest BCUT2D eigenvalue weighted by Crippen LogP contribution is 2.41. The van der Waals surface area contributed by atoms with Crippen LogP contribution >= 0.6 is 0 Å². The summed E-state index contributed by atoms with van der Waals surface area (Å²) >= 11 is 0. The Labute approximate surface area is 107 Å². The standard InChI is InChI=1S/C13H19NO4/c1-14-5-6-18-13(14)12-10(16-3)7-9(15-2)8-11(12)17-4/h7-8,13H,5-6H2,1-4H3. The lowest BCUT2D eigenvalue weighted by atomic mass is 10.1. The Morgan fingerprint density at radius 3 is 2.11 bits per heavy atom. The topological polar surface area (TPSA) is 40.2 Å². The normalized spacial score (nSPS) is 19.9. The quantitative estimate of drug-likeness (QED) is 0.816. The van der Waals surface area contributed by atoms with Crippen molar-refractivity contribution in [1.82, 2.24) is 4.90 Å². The molecule has 1 saturated heterocycles. The van der Waals surface area contributed by atoms with Crippen molar-refractivity contribution in [3.63, 3.8) is 0 Å². The minimum absolute atomic E-state index is 0.138. The van der Waals surface area contributed by atoms with Crippen molar-refractivity contribution in [3.05, 3.63) is 17.7 Å². The number of hydrogen-bond acceptors (Lipinski definition) is 5. The minimum atomic E-state index is -0.138. The van der Waals surface area contributed by atoms with Crippen LogP contribution in [0.1, 0.15) is 11.8 Å². The van der Waals surface area contributed by atoms with Gasteiger partial charge >= 0.3 is 0 Å². The molecular weight excluding hydrogens is 234 g/mol. The van der Waals surface area contributed by atoms with Gasteiger partial charge in [-0.1, -0.05) is 0 Å². The summed E-state index contributed by atoms with van der Waals surface area (Å²) < 4.78 is 21.8. The monoisotopic (exact) mass is 253 g/mol. The van der Waals surface area contributed by atoms with E-state index in [2.05, 4.69) is 4.90 Å². The van der Waals surface area contributed by atoms with Gasteiger partial charge in [0.1, 0.15) is 23.5 Å². The van der Waals surface area contributed by atoms with Gasteiger partial charge in [-0.15, -0.1) is 0 Å². The lowest BCUT2D eigenvalue weighted by Gasteiger charge is -2.23. The molecule has 0 spiro atoms. The maximum atomic E-state index is 5.73. The highest BCUT2D eigenvalue weighted by molar-refractivity contribution is 5.52. The predicted octanol–water partition coefficient (Wildman–Crippen LogP) is 1.67. The van der Waals surface area contributed by atoms with Gasteiger partial charge in [0.15, 0.2) is 0 Å². The van der Waals surface area contributed by atoms with E-state index >= 15 is 0 Å². The zero-order valence-electron chi connectivity index (χ0n) is 11.2. The molecule has 5 heteroatoms. The first kappa shape index (κ1) is 13.0. The zero-order valence-corrected chi connectivity index (χ0v) is 11.2. The van der Waals surface area contributed by atoms with Crippen LogP contribution in [0, 0.1) is 0 Å². The van der Waals surface area contributed by atoms with Crippen molar-refractivity contribution < 1.29 is 18.9 Å². The van der Waals surface area contributed by atoms with Crippen LogP contribution in [0.25, 0.3) is 0 Å². The van der Waals surface area contributed by atoms with Gasteiger partial charge in [0.05, 0.1) is 33.5 Å². The van der Waals surface area contributed by atoms with Gasteiger partial charge in [-0.3, -0.25) is 4.90 Å². The molecule has 2 rings (SSSR count). The highest BCUT2D eigenvalue weighted by Gasteiger charge is 2.30. The first-order chi connectivity index (χ1) is 8.71. The van der Waals surface area contributed by atoms with Crippen LogP contribution in [0.2, 0.25) is 0 Å². The van der Waals surface area contributed by atoms with E-state index in [0.29, 0.717) is 23.9 Å². The molecular formula is C13H19NO4.